The monoisotopic (exact) mass is 247 g/mol. The van der Waals surface area contributed by atoms with Crippen molar-refractivity contribution in [2.24, 2.45) is 0 Å². The zero-order valence-electron chi connectivity index (χ0n) is 10.2. The van der Waals surface area contributed by atoms with Gasteiger partial charge in [-0.3, -0.25) is 14.9 Å². The minimum atomic E-state index is -0.476. The molecule has 0 unspecified atom stereocenters. The second kappa shape index (κ2) is 6.40. The Morgan fingerprint density at radius 3 is 2.83 bits per heavy atom. The summed E-state index contributed by atoms with van der Waals surface area (Å²) in [5.74, 6) is 4.99. The maximum atomic E-state index is 11.1. The number of nitrogens with zero attached hydrogens (tertiary/aromatic N) is 1. The number of hydrogen-bond donors (Lipinski definition) is 0. The van der Waals surface area contributed by atoms with E-state index in [4.69, 9.17) is 4.74 Å². The lowest BCUT2D eigenvalue weighted by atomic mass is 10.1. The van der Waals surface area contributed by atoms with Crippen LogP contribution >= 0.6 is 0 Å². The molecule has 5 nitrogen and oxygen atoms in total. The average Bonchev–Trinajstić information content (AvgIpc) is 2.31. The fraction of sp³-hybridized carbons (Fsp3) is 0.308. The Labute approximate surface area is 105 Å². The van der Waals surface area contributed by atoms with Crippen LogP contribution in [0.3, 0.4) is 0 Å². The second-order valence-electron chi connectivity index (χ2n) is 3.54. The van der Waals surface area contributed by atoms with Gasteiger partial charge in [0.1, 0.15) is 6.42 Å². The summed E-state index contributed by atoms with van der Waals surface area (Å²) in [6.07, 6.45) is -0.0179. The molecule has 0 heterocycles. The van der Waals surface area contributed by atoms with Crippen LogP contribution in [0.1, 0.15) is 24.5 Å². The number of esters is 1. The van der Waals surface area contributed by atoms with E-state index in [1.165, 1.54) is 12.1 Å². The lowest BCUT2D eigenvalue weighted by Gasteiger charge is -1.98. The van der Waals surface area contributed by atoms with Gasteiger partial charge in [0.2, 0.25) is 0 Å². The van der Waals surface area contributed by atoms with Crippen molar-refractivity contribution in [1.82, 2.24) is 0 Å². The molecule has 0 atom stereocenters. The summed E-state index contributed by atoms with van der Waals surface area (Å²) in [4.78, 5) is 21.2. The van der Waals surface area contributed by atoms with Crippen molar-refractivity contribution in [2.75, 3.05) is 6.61 Å². The van der Waals surface area contributed by atoms with Crippen molar-refractivity contribution in [1.29, 1.82) is 0 Å². The molecule has 0 saturated heterocycles. The molecule has 0 amide bonds. The van der Waals surface area contributed by atoms with Crippen LogP contribution in [0.4, 0.5) is 5.69 Å². The summed E-state index contributed by atoms with van der Waals surface area (Å²) >= 11 is 0. The van der Waals surface area contributed by atoms with Gasteiger partial charge < -0.3 is 4.74 Å². The third-order valence-electron chi connectivity index (χ3n) is 2.19. The molecule has 0 fully saturated rings. The van der Waals surface area contributed by atoms with Crippen LogP contribution in [0.25, 0.3) is 0 Å². The molecule has 1 aromatic rings. The summed E-state index contributed by atoms with van der Waals surface area (Å²) in [5.41, 5.74) is 1.37. The van der Waals surface area contributed by atoms with Crippen molar-refractivity contribution in [2.45, 2.75) is 20.3 Å². The number of carbonyl (C=O) groups excluding carboxylic acids is 1. The Bertz CT molecular complexity index is 526. The van der Waals surface area contributed by atoms with Gasteiger partial charge in [-0.15, -0.1) is 0 Å². The second-order valence-corrected chi connectivity index (χ2v) is 3.54. The molecule has 1 aromatic carbocycles. The van der Waals surface area contributed by atoms with Crippen LogP contribution < -0.4 is 0 Å². The van der Waals surface area contributed by atoms with E-state index in [1.54, 1.807) is 19.9 Å². The zero-order valence-corrected chi connectivity index (χ0v) is 10.2. The van der Waals surface area contributed by atoms with E-state index in [0.29, 0.717) is 12.2 Å². The molecule has 5 heteroatoms. The van der Waals surface area contributed by atoms with E-state index in [1.807, 2.05) is 0 Å². The van der Waals surface area contributed by atoms with Crippen molar-refractivity contribution < 1.29 is 14.5 Å². The van der Waals surface area contributed by atoms with Crippen LogP contribution in [-0.4, -0.2) is 17.5 Å². The highest BCUT2D eigenvalue weighted by Gasteiger charge is 2.06. The van der Waals surface area contributed by atoms with E-state index in [0.717, 1.165) is 5.56 Å². The third-order valence-corrected chi connectivity index (χ3v) is 2.19. The molecule has 0 spiro atoms. The number of non-ortho nitro benzene ring substituents is 1. The lowest BCUT2D eigenvalue weighted by molar-refractivity contribution is -0.384. The van der Waals surface area contributed by atoms with Gasteiger partial charge in [0.15, 0.2) is 0 Å². The minimum absolute atomic E-state index is 0.0129. The first kappa shape index (κ1) is 13.7. The van der Waals surface area contributed by atoms with E-state index < -0.39 is 10.9 Å². The van der Waals surface area contributed by atoms with Gasteiger partial charge >= 0.3 is 5.97 Å². The maximum Gasteiger partial charge on any atom is 0.317 e. The highest BCUT2D eigenvalue weighted by molar-refractivity contribution is 5.72. The normalized spacial score (nSPS) is 9.22. The van der Waals surface area contributed by atoms with Crippen LogP contribution in [0.15, 0.2) is 18.2 Å². The first-order chi connectivity index (χ1) is 8.54. The molecule has 0 N–H and O–H groups in total. The van der Waals surface area contributed by atoms with Crippen molar-refractivity contribution >= 4 is 11.7 Å². The molecule has 94 valence electrons. The topological polar surface area (TPSA) is 69.4 Å². The lowest BCUT2D eigenvalue weighted by Crippen LogP contribution is -2.01. The van der Waals surface area contributed by atoms with Gasteiger partial charge in [0.05, 0.1) is 11.5 Å². The molecule has 0 saturated carbocycles. The predicted octanol–water partition coefficient (Wildman–Crippen LogP) is 2.21. The number of carbonyl (C=O) groups is 1. The number of nitro benzene ring substituents is 1. The molecule has 0 aliphatic rings. The highest BCUT2D eigenvalue weighted by atomic mass is 16.6. The summed E-state index contributed by atoms with van der Waals surface area (Å²) in [5, 5.41) is 10.6. The molecule has 0 aliphatic carbocycles. The van der Waals surface area contributed by atoms with E-state index in [-0.39, 0.29) is 12.1 Å². The molecule has 0 bridgehead atoms. The van der Waals surface area contributed by atoms with Gasteiger partial charge in [-0.2, -0.15) is 0 Å². The predicted molar refractivity (Wildman–Crippen MR) is 66.0 cm³/mol. The van der Waals surface area contributed by atoms with Gasteiger partial charge in [-0.05, 0) is 19.4 Å². The van der Waals surface area contributed by atoms with Crippen LogP contribution in [0.2, 0.25) is 0 Å². The Morgan fingerprint density at radius 2 is 2.22 bits per heavy atom. The van der Waals surface area contributed by atoms with Gasteiger partial charge in [-0.25, -0.2) is 0 Å². The molecule has 1 rings (SSSR count). The fourth-order valence-corrected chi connectivity index (χ4v) is 1.28. The summed E-state index contributed by atoms with van der Waals surface area (Å²) in [6.45, 7) is 3.84. The highest BCUT2D eigenvalue weighted by Crippen LogP contribution is 2.16. The number of rotatable bonds is 3. The fourth-order valence-electron chi connectivity index (χ4n) is 1.28. The van der Waals surface area contributed by atoms with E-state index in [9.17, 15) is 14.9 Å². The number of nitro groups is 1. The van der Waals surface area contributed by atoms with Gasteiger partial charge in [0.25, 0.3) is 5.69 Å². The van der Waals surface area contributed by atoms with Gasteiger partial charge in [-0.1, -0.05) is 17.9 Å². The van der Waals surface area contributed by atoms with E-state index >= 15 is 0 Å². The molecular weight excluding hydrogens is 234 g/mol. The largest absolute Gasteiger partial charge is 0.465 e. The number of ether oxygens (including phenoxy) is 1. The van der Waals surface area contributed by atoms with Gasteiger partial charge in [0, 0.05) is 17.7 Å². The Hall–Kier alpha value is -2.35. The summed E-state index contributed by atoms with van der Waals surface area (Å²) in [6, 6.07) is 4.45. The number of hydrogen-bond acceptors (Lipinski definition) is 4. The minimum Gasteiger partial charge on any atom is -0.465 e. The van der Waals surface area contributed by atoms with E-state index in [2.05, 4.69) is 11.8 Å². The third kappa shape index (κ3) is 3.91. The van der Waals surface area contributed by atoms with Crippen LogP contribution in [-0.2, 0) is 9.53 Å². The van der Waals surface area contributed by atoms with Crippen LogP contribution in [0.5, 0.6) is 0 Å². The van der Waals surface area contributed by atoms with Crippen LogP contribution in [0, 0.1) is 28.9 Å². The standard InChI is InChI=1S/C13H13NO4/c1-3-18-13(15)6-4-5-11-9-12(14(16)17)8-7-10(11)2/h7-9H,3,6H2,1-2H3. The molecule has 0 aliphatic heterocycles. The molecular formula is C13H13NO4. The maximum absolute atomic E-state index is 11.1. The summed E-state index contributed by atoms with van der Waals surface area (Å²) < 4.78 is 4.72. The van der Waals surface area contributed by atoms with Crippen molar-refractivity contribution in [3.63, 3.8) is 0 Å². The number of benzene rings is 1. The quantitative estimate of drug-likeness (QED) is 0.355. The van der Waals surface area contributed by atoms with Crippen molar-refractivity contribution in [3.05, 3.63) is 39.4 Å². The smallest absolute Gasteiger partial charge is 0.317 e. The first-order valence-corrected chi connectivity index (χ1v) is 5.44. The SMILES string of the molecule is CCOC(=O)CC#Cc1cc([N+](=O)[O-])ccc1C. The Morgan fingerprint density at radius 1 is 1.50 bits per heavy atom. The zero-order chi connectivity index (χ0) is 13.5. The Kier molecular flexibility index (Phi) is 4.88. The average molecular weight is 247 g/mol. The Balaban J connectivity index is 2.84. The summed E-state index contributed by atoms with van der Waals surface area (Å²) in [7, 11) is 0. The molecule has 0 radical (unpaired) electrons. The first-order valence-electron chi connectivity index (χ1n) is 5.44. The number of aryl methyl sites for hydroxylation is 1. The molecule has 0 aromatic heterocycles. The van der Waals surface area contributed by atoms with Crippen molar-refractivity contribution in [3.8, 4) is 11.8 Å². The molecule has 18 heavy (non-hydrogen) atoms.